The summed E-state index contributed by atoms with van der Waals surface area (Å²) in [7, 11) is 1.35. The normalized spacial score (nSPS) is 11.0. The van der Waals surface area contributed by atoms with Gasteiger partial charge in [0.2, 0.25) is 0 Å². The molecule has 0 fully saturated rings. The fourth-order valence-electron chi connectivity index (χ4n) is 1.94. The number of carbonyl (C=O) groups is 2. The second-order valence-electron chi connectivity index (χ2n) is 4.86. The highest BCUT2D eigenvalue weighted by Crippen LogP contribution is 2.02. The summed E-state index contributed by atoms with van der Waals surface area (Å²) in [5.41, 5.74) is 1.39. The number of amides is 1. The van der Waals surface area contributed by atoms with Gasteiger partial charge in [-0.25, -0.2) is 9.59 Å². The summed E-state index contributed by atoms with van der Waals surface area (Å²) in [5, 5.41) is 2.68. The van der Waals surface area contributed by atoms with E-state index in [0.717, 1.165) is 18.4 Å². The van der Waals surface area contributed by atoms with E-state index in [1.54, 1.807) is 0 Å². The monoisotopic (exact) mass is 320 g/mol. The number of ether oxygens (including phenoxy) is 2. The first-order valence-electron chi connectivity index (χ1n) is 7.73. The maximum Gasteiger partial charge on any atom is 0.407 e. The zero-order valence-corrected chi connectivity index (χ0v) is 13.7. The van der Waals surface area contributed by atoms with Crippen molar-refractivity contribution in [3.8, 4) is 0 Å². The van der Waals surface area contributed by atoms with Crippen LogP contribution in [0.15, 0.2) is 35.3 Å². The zero-order valence-electron chi connectivity index (χ0n) is 13.7. The molecule has 0 spiro atoms. The average molecular weight is 320 g/mol. The molecule has 23 heavy (non-hydrogen) atoms. The molecule has 1 N–H and O–H groups in total. The number of nitrogens with zero attached hydrogens (tertiary/aromatic N) is 1. The fourth-order valence-corrected chi connectivity index (χ4v) is 1.94. The molecule has 0 bridgehead atoms. The first-order chi connectivity index (χ1) is 11.2. The molecule has 0 aromatic heterocycles. The number of aliphatic imine (C=N–C) groups is 1. The van der Waals surface area contributed by atoms with Gasteiger partial charge in [-0.2, -0.15) is 0 Å². The van der Waals surface area contributed by atoms with Crippen molar-refractivity contribution in [3.05, 3.63) is 35.9 Å². The van der Waals surface area contributed by atoms with E-state index in [1.807, 2.05) is 37.3 Å². The van der Waals surface area contributed by atoms with Gasteiger partial charge in [-0.15, -0.1) is 0 Å². The van der Waals surface area contributed by atoms with Crippen LogP contribution in [0.4, 0.5) is 4.79 Å². The van der Waals surface area contributed by atoms with Crippen molar-refractivity contribution < 1.29 is 19.1 Å². The van der Waals surface area contributed by atoms with Crippen molar-refractivity contribution in [2.45, 2.75) is 32.8 Å². The van der Waals surface area contributed by atoms with Crippen molar-refractivity contribution in [2.24, 2.45) is 4.99 Å². The molecule has 126 valence electrons. The van der Waals surface area contributed by atoms with Gasteiger partial charge in [-0.1, -0.05) is 30.3 Å². The van der Waals surface area contributed by atoms with E-state index in [1.165, 1.54) is 7.11 Å². The Morgan fingerprint density at radius 2 is 1.91 bits per heavy atom. The molecule has 0 aliphatic heterocycles. The van der Waals surface area contributed by atoms with E-state index in [-0.39, 0.29) is 12.6 Å². The summed E-state index contributed by atoms with van der Waals surface area (Å²) >= 11 is 0. The predicted octanol–water partition coefficient (Wildman–Crippen LogP) is 2.72. The highest BCUT2D eigenvalue weighted by atomic mass is 16.5. The molecule has 1 aromatic rings. The average Bonchev–Trinajstić information content (AvgIpc) is 2.59. The van der Waals surface area contributed by atoms with Crippen LogP contribution in [0, 0.1) is 0 Å². The van der Waals surface area contributed by atoms with Gasteiger partial charge in [0, 0.05) is 13.1 Å². The second-order valence-corrected chi connectivity index (χ2v) is 4.86. The lowest BCUT2D eigenvalue weighted by molar-refractivity contribution is -0.132. The van der Waals surface area contributed by atoms with Crippen molar-refractivity contribution in [1.82, 2.24) is 5.32 Å². The Balaban J connectivity index is 2.15. The third-order valence-electron chi connectivity index (χ3n) is 3.09. The van der Waals surface area contributed by atoms with Gasteiger partial charge in [0.25, 0.3) is 0 Å². The van der Waals surface area contributed by atoms with Crippen LogP contribution in [-0.2, 0) is 20.9 Å². The van der Waals surface area contributed by atoms with Crippen LogP contribution in [0.2, 0.25) is 0 Å². The Bertz CT molecular complexity index is 515. The summed E-state index contributed by atoms with van der Waals surface area (Å²) < 4.78 is 9.78. The molecule has 1 rings (SSSR count). The first kappa shape index (κ1) is 18.7. The molecule has 0 atom stereocenters. The topological polar surface area (TPSA) is 77.0 Å². The quantitative estimate of drug-likeness (QED) is 0.431. The van der Waals surface area contributed by atoms with E-state index >= 15 is 0 Å². The lowest BCUT2D eigenvalue weighted by atomic mass is 10.1. The Morgan fingerprint density at radius 3 is 2.57 bits per heavy atom. The van der Waals surface area contributed by atoms with E-state index in [0.29, 0.717) is 25.2 Å². The molecule has 1 amide bonds. The zero-order chi connectivity index (χ0) is 16.9. The van der Waals surface area contributed by atoms with Gasteiger partial charge in [0.05, 0.1) is 7.11 Å². The largest absolute Gasteiger partial charge is 0.465 e. The van der Waals surface area contributed by atoms with Crippen LogP contribution in [0.3, 0.4) is 0 Å². The molecule has 6 nitrogen and oxygen atoms in total. The smallest absolute Gasteiger partial charge is 0.407 e. The minimum absolute atomic E-state index is 0.252. The Kier molecular flexibility index (Phi) is 9.12. The van der Waals surface area contributed by atoms with Crippen molar-refractivity contribution >= 4 is 17.8 Å². The molecule has 0 aliphatic carbocycles. The highest BCUT2D eigenvalue weighted by Gasteiger charge is 2.10. The third kappa shape index (κ3) is 7.99. The number of nitrogens with one attached hydrogen (secondary N) is 1. The number of rotatable bonds is 9. The summed E-state index contributed by atoms with van der Waals surface area (Å²) in [6, 6.07) is 9.50. The van der Waals surface area contributed by atoms with E-state index in [4.69, 9.17) is 4.74 Å². The van der Waals surface area contributed by atoms with Crippen molar-refractivity contribution in [2.75, 3.05) is 20.2 Å². The number of unbranched alkanes of at least 4 members (excludes halogenated alkanes) is 1. The molecule has 0 saturated heterocycles. The number of hydrogen-bond donors (Lipinski definition) is 1. The van der Waals surface area contributed by atoms with Crippen LogP contribution < -0.4 is 5.32 Å². The van der Waals surface area contributed by atoms with Crippen LogP contribution in [0.25, 0.3) is 0 Å². The summed E-state index contributed by atoms with van der Waals surface area (Å²) in [4.78, 5) is 27.1. The Morgan fingerprint density at radius 1 is 1.17 bits per heavy atom. The lowest BCUT2D eigenvalue weighted by Gasteiger charge is -2.07. The standard InChI is InChI=1S/C17H24N2O4/c1-3-18-15(16(20)22-2)11-7-8-12-19-17(21)23-13-14-9-5-4-6-10-14/h4-6,9-10H,3,7-8,11-13H2,1-2H3,(H,19,21). The number of methoxy groups -OCH3 is 1. The number of esters is 1. The molecule has 6 heteroatoms. The number of benzene rings is 1. The minimum Gasteiger partial charge on any atom is -0.465 e. The maximum absolute atomic E-state index is 11.5. The van der Waals surface area contributed by atoms with Crippen molar-refractivity contribution in [1.29, 1.82) is 0 Å². The van der Waals surface area contributed by atoms with E-state index in [9.17, 15) is 9.59 Å². The Labute approximate surface area is 136 Å². The summed E-state index contributed by atoms with van der Waals surface area (Å²) in [6.45, 7) is 3.16. The summed E-state index contributed by atoms with van der Waals surface area (Å²) in [5.74, 6) is -0.387. The van der Waals surface area contributed by atoms with Crippen LogP contribution >= 0.6 is 0 Å². The minimum atomic E-state index is -0.440. The van der Waals surface area contributed by atoms with Crippen LogP contribution in [0.1, 0.15) is 31.7 Å². The van der Waals surface area contributed by atoms with Gasteiger partial charge in [-0.3, -0.25) is 4.99 Å². The fraction of sp³-hybridized carbons (Fsp3) is 0.471. The molecule has 0 saturated carbocycles. The van der Waals surface area contributed by atoms with Crippen molar-refractivity contribution in [3.63, 3.8) is 0 Å². The molecular formula is C17H24N2O4. The van der Waals surface area contributed by atoms with E-state index in [2.05, 4.69) is 15.0 Å². The van der Waals surface area contributed by atoms with Gasteiger partial charge in [-0.05, 0) is 31.7 Å². The molecule has 0 aliphatic rings. The summed E-state index contributed by atoms with van der Waals surface area (Å²) in [6.07, 6.45) is 1.58. The Hall–Kier alpha value is -2.37. The third-order valence-corrected chi connectivity index (χ3v) is 3.09. The highest BCUT2D eigenvalue weighted by molar-refractivity contribution is 6.36. The maximum atomic E-state index is 11.5. The molecule has 0 heterocycles. The van der Waals surface area contributed by atoms with Crippen LogP contribution in [0.5, 0.6) is 0 Å². The predicted molar refractivity (Wildman–Crippen MR) is 88.5 cm³/mol. The van der Waals surface area contributed by atoms with Gasteiger partial charge < -0.3 is 14.8 Å². The number of hydrogen-bond acceptors (Lipinski definition) is 5. The second kappa shape index (κ2) is 11.2. The van der Waals surface area contributed by atoms with Gasteiger partial charge >= 0.3 is 12.1 Å². The van der Waals surface area contributed by atoms with Gasteiger partial charge in [0.15, 0.2) is 0 Å². The SMILES string of the molecule is CCN=C(CCCCNC(=O)OCc1ccccc1)C(=O)OC. The number of carbonyl (C=O) groups excluding carboxylic acids is 2. The lowest BCUT2D eigenvalue weighted by Crippen LogP contribution is -2.25. The van der Waals surface area contributed by atoms with E-state index < -0.39 is 6.09 Å². The molecule has 0 unspecified atom stereocenters. The van der Waals surface area contributed by atoms with Crippen LogP contribution in [-0.4, -0.2) is 38.0 Å². The van der Waals surface area contributed by atoms with Gasteiger partial charge in [0.1, 0.15) is 12.3 Å². The molecule has 0 radical (unpaired) electrons. The number of alkyl carbamates (subject to hydrolysis) is 1. The first-order valence-corrected chi connectivity index (χ1v) is 7.73. The molecular weight excluding hydrogens is 296 g/mol. The molecule has 1 aromatic carbocycles.